The highest BCUT2D eigenvalue weighted by atomic mass is 35.5. The highest BCUT2D eigenvalue weighted by Crippen LogP contribution is 2.22. The average molecular weight is 357 g/mol. The molecule has 0 saturated carbocycles. The summed E-state index contributed by atoms with van der Waals surface area (Å²) in [6.45, 7) is 2.72. The Bertz CT molecular complexity index is 782. The lowest BCUT2D eigenvalue weighted by atomic mass is 10.2. The molecular weight excluding hydrogens is 340 g/mol. The topological polar surface area (TPSA) is 48.8 Å². The lowest BCUT2D eigenvalue weighted by Crippen LogP contribution is -2.19. The highest BCUT2D eigenvalue weighted by molar-refractivity contribution is 8.29. The minimum atomic E-state index is 0.738. The van der Waals surface area contributed by atoms with Gasteiger partial charge in [0.1, 0.15) is 0 Å². The molecule has 122 valence electrons. The molecule has 0 fully saturated rings. The molecule has 2 N–H and O–H groups in total. The summed E-state index contributed by atoms with van der Waals surface area (Å²) in [6.07, 6.45) is 1.79. The van der Waals surface area contributed by atoms with Gasteiger partial charge in [0.15, 0.2) is 10.3 Å². The molecule has 0 atom stereocenters. The van der Waals surface area contributed by atoms with Gasteiger partial charge in [-0.15, -0.1) is 0 Å². The molecule has 0 spiro atoms. The van der Waals surface area contributed by atoms with Crippen molar-refractivity contribution in [3.8, 4) is 0 Å². The summed E-state index contributed by atoms with van der Waals surface area (Å²) in [5.74, 6) is 0. The number of nitrogens with zero attached hydrogens (tertiary/aromatic N) is 2. The summed E-state index contributed by atoms with van der Waals surface area (Å²) in [5, 5.41) is 8.90. The van der Waals surface area contributed by atoms with E-state index >= 15 is 0 Å². The Morgan fingerprint density at radius 3 is 2.58 bits per heavy atom. The molecule has 0 amide bonds. The van der Waals surface area contributed by atoms with Gasteiger partial charge in [-0.25, -0.2) is 4.99 Å². The number of hydrogen-bond acceptors (Lipinski definition) is 4. The zero-order chi connectivity index (χ0) is 16.8. The first kappa shape index (κ1) is 16.6. The van der Waals surface area contributed by atoms with Crippen LogP contribution < -0.4 is 10.6 Å². The second-order valence-corrected chi connectivity index (χ2v) is 6.61. The molecule has 4 nitrogen and oxygen atoms in total. The Balaban J connectivity index is 1.48. The number of nitrogens with one attached hydrogen (secondary N) is 2. The Morgan fingerprint density at radius 1 is 1.17 bits per heavy atom. The predicted molar refractivity (Wildman–Crippen MR) is 105 cm³/mol. The van der Waals surface area contributed by atoms with Crippen molar-refractivity contribution in [1.82, 2.24) is 5.32 Å². The van der Waals surface area contributed by atoms with Crippen LogP contribution in [0.5, 0.6) is 0 Å². The number of hydrogen-bond donors (Lipinski definition) is 2. The Hall–Kier alpha value is -2.24. The average Bonchev–Trinajstić information content (AvgIpc) is 2.57. The molecule has 1 aliphatic rings. The molecule has 0 radical (unpaired) electrons. The van der Waals surface area contributed by atoms with Crippen LogP contribution in [0.1, 0.15) is 12.5 Å². The van der Waals surface area contributed by atoms with Crippen LogP contribution in [0.3, 0.4) is 0 Å². The lowest BCUT2D eigenvalue weighted by molar-refractivity contribution is 0.808. The van der Waals surface area contributed by atoms with Crippen LogP contribution in [0.2, 0.25) is 5.02 Å². The van der Waals surface area contributed by atoms with Crippen molar-refractivity contribution in [2.24, 2.45) is 9.98 Å². The third-order valence-corrected chi connectivity index (χ3v) is 4.28. The van der Waals surface area contributed by atoms with Crippen LogP contribution in [-0.2, 0) is 6.54 Å². The van der Waals surface area contributed by atoms with Crippen LogP contribution in [0, 0.1) is 0 Å². The molecule has 0 aliphatic carbocycles. The molecular formula is C18H17ClN4S. The summed E-state index contributed by atoms with van der Waals surface area (Å²) in [6, 6.07) is 17.7. The van der Waals surface area contributed by atoms with Crippen LogP contribution in [0.25, 0.3) is 0 Å². The van der Waals surface area contributed by atoms with E-state index in [-0.39, 0.29) is 0 Å². The van der Waals surface area contributed by atoms with E-state index < -0.39 is 0 Å². The van der Waals surface area contributed by atoms with E-state index in [2.05, 4.69) is 20.6 Å². The molecule has 0 aromatic heterocycles. The first-order valence-electron chi connectivity index (χ1n) is 7.50. The molecule has 1 heterocycles. The van der Waals surface area contributed by atoms with E-state index in [1.807, 2.05) is 61.5 Å². The molecule has 1 aliphatic heterocycles. The number of para-hydroxylation sites is 1. The normalized spacial score (nSPS) is 15.7. The van der Waals surface area contributed by atoms with E-state index in [1.165, 1.54) is 17.3 Å². The number of amidine groups is 2. The SMILES string of the molecule is CC(=CN=C1N=C(Nc2ccccc2)S1)NCc1ccc(Cl)cc1. The fourth-order valence-corrected chi connectivity index (χ4v) is 2.69. The van der Waals surface area contributed by atoms with Gasteiger partial charge in [-0.05, 0) is 48.5 Å². The Morgan fingerprint density at radius 2 is 1.88 bits per heavy atom. The molecule has 6 heteroatoms. The highest BCUT2D eigenvalue weighted by Gasteiger charge is 2.16. The number of anilines is 1. The number of allylic oxidation sites excluding steroid dienone is 1. The third kappa shape index (κ3) is 4.88. The van der Waals surface area contributed by atoms with E-state index in [4.69, 9.17) is 11.6 Å². The van der Waals surface area contributed by atoms with Gasteiger partial charge in [0.25, 0.3) is 0 Å². The zero-order valence-corrected chi connectivity index (χ0v) is 14.7. The van der Waals surface area contributed by atoms with E-state index in [1.54, 1.807) is 6.20 Å². The summed E-state index contributed by atoms with van der Waals surface area (Å²) in [5.41, 5.74) is 3.18. The molecule has 0 unspecified atom stereocenters. The van der Waals surface area contributed by atoms with Crippen molar-refractivity contribution in [1.29, 1.82) is 0 Å². The van der Waals surface area contributed by atoms with Crippen LogP contribution >= 0.6 is 23.4 Å². The predicted octanol–water partition coefficient (Wildman–Crippen LogP) is 4.86. The van der Waals surface area contributed by atoms with Crippen molar-refractivity contribution in [2.45, 2.75) is 13.5 Å². The van der Waals surface area contributed by atoms with E-state index in [9.17, 15) is 0 Å². The molecule has 0 bridgehead atoms. The van der Waals surface area contributed by atoms with Crippen molar-refractivity contribution >= 4 is 39.4 Å². The lowest BCUT2D eigenvalue weighted by Gasteiger charge is -2.15. The van der Waals surface area contributed by atoms with Gasteiger partial charge in [0, 0.05) is 29.2 Å². The van der Waals surface area contributed by atoms with Crippen molar-refractivity contribution < 1.29 is 0 Å². The maximum absolute atomic E-state index is 5.87. The number of thioether (sulfide) groups is 1. The van der Waals surface area contributed by atoms with Gasteiger partial charge in [0.2, 0.25) is 0 Å². The second-order valence-electron chi connectivity index (χ2n) is 5.21. The van der Waals surface area contributed by atoms with Gasteiger partial charge < -0.3 is 10.6 Å². The van der Waals surface area contributed by atoms with Gasteiger partial charge in [-0.1, -0.05) is 41.9 Å². The number of halogens is 1. The smallest absolute Gasteiger partial charge is 0.197 e. The summed E-state index contributed by atoms with van der Waals surface area (Å²) >= 11 is 7.40. The standard InChI is InChI=1S/C18H17ClN4S/c1-13(20-12-14-7-9-15(19)10-8-14)11-21-17-23-18(24-17)22-16-5-3-2-4-6-16/h2-11,20H,12H2,1H3,(H,21,22,23). The van der Waals surface area contributed by atoms with Crippen molar-refractivity contribution in [3.63, 3.8) is 0 Å². The Kier molecular flexibility index (Phi) is 5.56. The fraction of sp³-hybridized carbons (Fsp3) is 0.111. The first-order valence-corrected chi connectivity index (χ1v) is 8.70. The van der Waals surface area contributed by atoms with Gasteiger partial charge >= 0.3 is 0 Å². The van der Waals surface area contributed by atoms with Gasteiger partial charge in [-0.3, -0.25) is 0 Å². The maximum Gasteiger partial charge on any atom is 0.197 e. The number of benzene rings is 2. The maximum atomic E-state index is 5.87. The van der Waals surface area contributed by atoms with Crippen molar-refractivity contribution in [2.75, 3.05) is 5.32 Å². The monoisotopic (exact) mass is 356 g/mol. The molecule has 3 rings (SSSR count). The summed E-state index contributed by atoms with van der Waals surface area (Å²) in [4.78, 5) is 8.70. The summed E-state index contributed by atoms with van der Waals surface area (Å²) in [7, 11) is 0. The van der Waals surface area contributed by atoms with Gasteiger partial charge in [0.05, 0.1) is 0 Å². The molecule has 0 saturated heterocycles. The van der Waals surface area contributed by atoms with E-state index in [0.717, 1.165) is 33.3 Å². The Labute approximate surface area is 150 Å². The van der Waals surface area contributed by atoms with Crippen molar-refractivity contribution in [3.05, 3.63) is 77.1 Å². The van der Waals surface area contributed by atoms with Crippen LogP contribution in [-0.4, -0.2) is 10.3 Å². The van der Waals surface area contributed by atoms with Gasteiger partial charge in [-0.2, -0.15) is 4.99 Å². The minimum Gasteiger partial charge on any atom is -0.383 e. The quantitative estimate of drug-likeness (QED) is 0.804. The largest absolute Gasteiger partial charge is 0.383 e. The minimum absolute atomic E-state index is 0.738. The zero-order valence-electron chi connectivity index (χ0n) is 13.2. The van der Waals surface area contributed by atoms with E-state index in [0.29, 0.717) is 0 Å². The summed E-state index contributed by atoms with van der Waals surface area (Å²) < 4.78 is 0. The van der Waals surface area contributed by atoms with Crippen LogP contribution in [0.4, 0.5) is 5.69 Å². The fourth-order valence-electron chi connectivity index (χ4n) is 1.98. The first-order chi connectivity index (χ1) is 11.7. The molecule has 2 aromatic rings. The van der Waals surface area contributed by atoms with Crippen LogP contribution in [0.15, 0.2) is 76.5 Å². The molecule has 24 heavy (non-hydrogen) atoms. The number of aliphatic imine (C=N–C) groups is 2. The molecule has 2 aromatic carbocycles. The number of rotatable bonds is 5. The second kappa shape index (κ2) is 8.04. The third-order valence-electron chi connectivity index (χ3n) is 3.26.